The molecule has 1 rings (SSSR count). The van der Waals surface area contributed by atoms with Crippen molar-refractivity contribution in [2.24, 2.45) is 5.73 Å². The van der Waals surface area contributed by atoms with E-state index in [9.17, 15) is 4.79 Å². The molecular formula is C16H22N2O. The Morgan fingerprint density at radius 3 is 2.89 bits per heavy atom. The van der Waals surface area contributed by atoms with Crippen LogP contribution in [0.3, 0.4) is 0 Å². The Kier molecular flexibility index (Phi) is 6.70. The second-order valence-corrected chi connectivity index (χ2v) is 4.56. The van der Waals surface area contributed by atoms with Crippen LogP contribution in [-0.2, 0) is 11.3 Å². The summed E-state index contributed by atoms with van der Waals surface area (Å²) < 4.78 is 0. The molecule has 0 aromatic heterocycles. The van der Waals surface area contributed by atoms with Gasteiger partial charge >= 0.3 is 0 Å². The number of hydrogen-bond donors (Lipinski definition) is 1. The van der Waals surface area contributed by atoms with Crippen LogP contribution in [0.4, 0.5) is 0 Å². The Balaban J connectivity index is 2.63. The van der Waals surface area contributed by atoms with Crippen molar-refractivity contribution in [2.45, 2.75) is 32.7 Å². The molecule has 19 heavy (non-hydrogen) atoms. The van der Waals surface area contributed by atoms with Gasteiger partial charge in [-0.25, -0.2) is 0 Å². The van der Waals surface area contributed by atoms with Crippen molar-refractivity contribution in [3.05, 3.63) is 35.4 Å². The summed E-state index contributed by atoms with van der Waals surface area (Å²) in [6.45, 7) is 3.08. The monoisotopic (exact) mass is 258 g/mol. The summed E-state index contributed by atoms with van der Waals surface area (Å²) >= 11 is 0. The Bertz CT molecular complexity index is 471. The van der Waals surface area contributed by atoms with Gasteiger partial charge in [-0.05, 0) is 24.1 Å². The lowest BCUT2D eigenvalue weighted by molar-refractivity contribution is -0.130. The maximum absolute atomic E-state index is 11.8. The zero-order valence-electron chi connectivity index (χ0n) is 11.8. The van der Waals surface area contributed by atoms with Crippen LogP contribution in [0.25, 0.3) is 0 Å². The van der Waals surface area contributed by atoms with E-state index in [0.717, 1.165) is 24.0 Å². The molecule has 1 aromatic rings. The predicted molar refractivity (Wildman–Crippen MR) is 78.4 cm³/mol. The zero-order chi connectivity index (χ0) is 14.1. The van der Waals surface area contributed by atoms with Gasteiger partial charge in [0.1, 0.15) is 0 Å². The lowest BCUT2D eigenvalue weighted by Crippen LogP contribution is -2.25. The van der Waals surface area contributed by atoms with Crippen LogP contribution in [0.1, 0.15) is 37.3 Å². The maximum Gasteiger partial charge on any atom is 0.222 e. The molecule has 3 heteroatoms. The summed E-state index contributed by atoms with van der Waals surface area (Å²) in [4.78, 5) is 13.6. The highest BCUT2D eigenvalue weighted by atomic mass is 16.2. The fraction of sp³-hybridized carbons (Fsp3) is 0.438. The number of nitrogens with two attached hydrogens (primary N) is 1. The van der Waals surface area contributed by atoms with Crippen molar-refractivity contribution in [1.29, 1.82) is 0 Å². The van der Waals surface area contributed by atoms with Crippen molar-refractivity contribution in [2.75, 3.05) is 13.6 Å². The number of unbranched alkanes of at least 4 members (excludes halogenated alkanes) is 1. The number of carbonyl (C=O) groups excluding carboxylic acids is 1. The topological polar surface area (TPSA) is 46.3 Å². The number of nitrogens with zero attached hydrogens (tertiary/aromatic N) is 1. The number of carbonyl (C=O) groups is 1. The first-order valence-electron chi connectivity index (χ1n) is 6.69. The van der Waals surface area contributed by atoms with Crippen LogP contribution in [0.5, 0.6) is 0 Å². The Hall–Kier alpha value is -1.79. The van der Waals surface area contributed by atoms with Crippen molar-refractivity contribution >= 4 is 5.91 Å². The van der Waals surface area contributed by atoms with Gasteiger partial charge in [-0.1, -0.05) is 37.3 Å². The van der Waals surface area contributed by atoms with Crippen LogP contribution in [0.15, 0.2) is 24.3 Å². The van der Waals surface area contributed by atoms with E-state index < -0.39 is 0 Å². The minimum absolute atomic E-state index is 0.195. The van der Waals surface area contributed by atoms with Crippen LogP contribution in [0, 0.1) is 11.8 Å². The van der Waals surface area contributed by atoms with Crippen molar-refractivity contribution in [3.8, 4) is 11.8 Å². The summed E-state index contributed by atoms with van der Waals surface area (Å²) in [6.07, 6.45) is 2.62. The maximum atomic E-state index is 11.8. The molecule has 102 valence electrons. The minimum Gasteiger partial charge on any atom is -0.341 e. The van der Waals surface area contributed by atoms with E-state index in [2.05, 4.69) is 18.8 Å². The molecule has 1 amide bonds. The summed E-state index contributed by atoms with van der Waals surface area (Å²) in [5, 5.41) is 0. The molecule has 0 unspecified atom stereocenters. The molecule has 0 radical (unpaired) electrons. The van der Waals surface area contributed by atoms with Crippen LogP contribution in [0.2, 0.25) is 0 Å². The van der Waals surface area contributed by atoms with Gasteiger partial charge in [0.25, 0.3) is 0 Å². The molecule has 0 atom stereocenters. The number of amides is 1. The van der Waals surface area contributed by atoms with E-state index in [1.165, 1.54) is 0 Å². The first-order valence-corrected chi connectivity index (χ1v) is 6.69. The second kappa shape index (κ2) is 8.34. The van der Waals surface area contributed by atoms with E-state index in [1.54, 1.807) is 4.90 Å². The molecule has 0 spiro atoms. The second-order valence-electron chi connectivity index (χ2n) is 4.56. The first-order chi connectivity index (χ1) is 9.17. The Morgan fingerprint density at radius 1 is 1.42 bits per heavy atom. The Morgan fingerprint density at radius 2 is 2.21 bits per heavy atom. The molecular weight excluding hydrogens is 236 g/mol. The van der Waals surface area contributed by atoms with Gasteiger partial charge in [-0.2, -0.15) is 0 Å². The molecule has 0 saturated heterocycles. The van der Waals surface area contributed by atoms with E-state index >= 15 is 0 Å². The molecule has 0 saturated carbocycles. The average Bonchev–Trinajstić information content (AvgIpc) is 2.42. The predicted octanol–water partition coefficient (Wildman–Crippen LogP) is 2.15. The Labute approximate surface area is 115 Å². The van der Waals surface area contributed by atoms with Gasteiger partial charge in [-0.15, -0.1) is 0 Å². The van der Waals surface area contributed by atoms with Crippen molar-refractivity contribution < 1.29 is 4.79 Å². The number of benzene rings is 1. The standard InChI is InChI=1S/C16H22N2O/c1-3-4-10-16(19)18(2)13-15-8-5-7-14(12-15)9-6-11-17/h5,7-8,12H,3-4,10-11,13,17H2,1-2H3. The van der Waals surface area contributed by atoms with Gasteiger partial charge in [0.05, 0.1) is 6.54 Å². The molecule has 3 nitrogen and oxygen atoms in total. The zero-order valence-corrected chi connectivity index (χ0v) is 11.8. The van der Waals surface area contributed by atoms with Crippen LogP contribution >= 0.6 is 0 Å². The van der Waals surface area contributed by atoms with Gasteiger partial charge in [0, 0.05) is 25.6 Å². The highest BCUT2D eigenvalue weighted by molar-refractivity contribution is 5.75. The van der Waals surface area contributed by atoms with Crippen molar-refractivity contribution in [1.82, 2.24) is 4.90 Å². The largest absolute Gasteiger partial charge is 0.341 e. The summed E-state index contributed by atoms with van der Waals surface area (Å²) in [5.41, 5.74) is 7.39. The average molecular weight is 258 g/mol. The normalized spacial score (nSPS) is 9.63. The first kappa shape index (κ1) is 15.3. The van der Waals surface area contributed by atoms with Gasteiger partial charge in [0.2, 0.25) is 5.91 Å². The molecule has 0 aliphatic rings. The molecule has 1 aromatic carbocycles. The fourth-order valence-electron chi connectivity index (χ4n) is 1.78. The molecule has 0 bridgehead atoms. The van der Waals surface area contributed by atoms with Crippen LogP contribution in [-0.4, -0.2) is 24.4 Å². The minimum atomic E-state index is 0.195. The third kappa shape index (κ3) is 5.58. The lowest BCUT2D eigenvalue weighted by atomic mass is 10.1. The van der Waals surface area contributed by atoms with Crippen LogP contribution < -0.4 is 5.73 Å². The summed E-state index contributed by atoms with van der Waals surface area (Å²) in [7, 11) is 1.84. The van der Waals surface area contributed by atoms with Gasteiger partial charge < -0.3 is 10.6 Å². The molecule has 0 aliphatic heterocycles. The smallest absolute Gasteiger partial charge is 0.222 e. The number of rotatable bonds is 5. The SMILES string of the molecule is CCCCC(=O)N(C)Cc1cccc(C#CCN)c1. The van der Waals surface area contributed by atoms with E-state index in [1.807, 2.05) is 31.3 Å². The van der Waals surface area contributed by atoms with E-state index in [-0.39, 0.29) is 5.91 Å². The molecule has 0 fully saturated rings. The molecule has 0 heterocycles. The number of hydrogen-bond acceptors (Lipinski definition) is 2. The third-order valence-corrected chi connectivity index (χ3v) is 2.85. The van der Waals surface area contributed by atoms with E-state index in [4.69, 9.17) is 5.73 Å². The van der Waals surface area contributed by atoms with Gasteiger partial charge in [0.15, 0.2) is 0 Å². The lowest BCUT2D eigenvalue weighted by Gasteiger charge is -2.17. The van der Waals surface area contributed by atoms with Crippen molar-refractivity contribution in [3.63, 3.8) is 0 Å². The molecule has 0 aliphatic carbocycles. The highest BCUT2D eigenvalue weighted by Crippen LogP contribution is 2.08. The van der Waals surface area contributed by atoms with E-state index in [0.29, 0.717) is 19.5 Å². The summed E-state index contributed by atoms with van der Waals surface area (Å²) in [6, 6.07) is 7.93. The highest BCUT2D eigenvalue weighted by Gasteiger charge is 2.08. The summed E-state index contributed by atoms with van der Waals surface area (Å²) in [5.74, 6) is 6.03. The van der Waals surface area contributed by atoms with Gasteiger partial charge in [-0.3, -0.25) is 4.79 Å². The fourth-order valence-corrected chi connectivity index (χ4v) is 1.78. The quantitative estimate of drug-likeness (QED) is 0.823. The third-order valence-electron chi connectivity index (χ3n) is 2.85. The molecule has 2 N–H and O–H groups in total.